The van der Waals surface area contributed by atoms with E-state index in [-0.39, 0.29) is 0 Å². The Balaban J connectivity index is 2.13. The van der Waals surface area contributed by atoms with Crippen LogP contribution in [-0.4, -0.2) is 16.1 Å². The van der Waals surface area contributed by atoms with Crippen LogP contribution in [0.1, 0.15) is 16.7 Å². The van der Waals surface area contributed by atoms with Crippen LogP contribution < -0.4 is 0 Å². The average molecular weight is 334 g/mol. The van der Waals surface area contributed by atoms with E-state index >= 15 is 0 Å². The first-order valence-electron chi connectivity index (χ1n) is 6.42. The van der Waals surface area contributed by atoms with Crippen LogP contribution in [0.2, 0.25) is 0 Å². The molecule has 4 heteroatoms. The van der Waals surface area contributed by atoms with Gasteiger partial charge in [0.05, 0.1) is 5.92 Å². The molecule has 1 heterocycles. The van der Waals surface area contributed by atoms with Crippen molar-refractivity contribution in [2.24, 2.45) is 5.92 Å². The Kier molecular flexibility index (Phi) is 4.90. The summed E-state index contributed by atoms with van der Waals surface area (Å²) in [7, 11) is 0. The molecule has 1 N–H and O–H groups in total. The van der Waals surface area contributed by atoms with Crippen LogP contribution in [0, 0.1) is 12.8 Å². The fourth-order valence-corrected chi connectivity index (χ4v) is 2.66. The van der Waals surface area contributed by atoms with Gasteiger partial charge < -0.3 is 5.11 Å². The highest BCUT2D eigenvalue weighted by molar-refractivity contribution is 9.10. The van der Waals surface area contributed by atoms with Crippen molar-refractivity contribution in [1.82, 2.24) is 4.98 Å². The molecule has 0 fully saturated rings. The average Bonchev–Trinajstić information content (AvgIpc) is 2.38. The standard InChI is InChI=1S/C16H16BrNO2/c1-11-5-13(10-18-9-11)7-14(16(19)20)6-12-3-2-4-15(17)8-12/h2-5,8-10,14H,6-7H2,1H3,(H,19,20). The Morgan fingerprint density at radius 1 is 1.25 bits per heavy atom. The van der Waals surface area contributed by atoms with Crippen molar-refractivity contribution in [3.63, 3.8) is 0 Å². The molecule has 1 unspecified atom stereocenters. The Bertz CT molecular complexity index is 565. The third kappa shape index (κ3) is 4.17. The molecule has 0 aliphatic carbocycles. The maximum absolute atomic E-state index is 11.4. The number of aryl methyl sites for hydroxylation is 1. The van der Waals surface area contributed by atoms with E-state index < -0.39 is 11.9 Å². The zero-order valence-corrected chi connectivity index (χ0v) is 12.8. The largest absolute Gasteiger partial charge is 0.481 e. The van der Waals surface area contributed by atoms with Crippen molar-refractivity contribution in [3.8, 4) is 0 Å². The van der Waals surface area contributed by atoms with E-state index in [1.807, 2.05) is 37.3 Å². The zero-order valence-electron chi connectivity index (χ0n) is 11.2. The molecule has 1 atom stereocenters. The number of aromatic nitrogens is 1. The molecule has 0 bridgehead atoms. The summed E-state index contributed by atoms with van der Waals surface area (Å²) in [5, 5.41) is 9.40. The minimum atomic E-state index is -0.772. The van der Waals surface area contributed by atoms with E-state index in [1.54, 1.807) is 12.4 Å². The molecule has 0 saturated heterocycles. The summed E-state index contributed by atoms with van der Waals surface area (Å²) in [6, 6.07) is 9.76. The Morgan fingerprint density at radius 3 is 2.65 bits per heavy atom. The van der Waals surface area contributed by atoms with Gasteiger partial charge >= 0.3 is 5.97 Å². The number of hydrogen-bond donors (Lipinski definition) is 1. The fourth-order valence-electron chi connectivity index (χ4n) is 2.21. The highest BCUT2D eigenvalue weighted by atomic mass is 79.9. The molecular formula is C16H16BrNO2. The van der Waals surface area contributed by atoms with Crippen molar-refractivity contribution in [2.45, 2.75) is 19.8 Å². The fraction of sp³-hybridized carbons (Fsp3) is 0.250. The number of rotatable bonds is 5. The predicted molar refractivity (Wildman–Crippen MR) is 81.6 cm³/mol. The summed E-state index contributed by atoms with van der Waals surface area (Å²) >= 11 is 3.41. The van der Waals surface area contributed by atoms with E-state index in [4.69, 9.17) is 0 Å². The molecule has 1 aromatic heterocycles. The number of carboxylic acids is 1. The molecule has 0 aliphatic heterocycles. The molecule has 104 valence electrons. The molecule has 0 saturated carbocycles. The Labute approximate surface area is 126 Å². The third-order valence-electron chi connectivity index (χ3n) is 3.13. The maximum Gasteiger partial charge on any atom is 0.307 e. The van der Waals surface area contributed by atoms with Crippen LogP contribution in [0.15, 0.2) is 47.2 Å². The summed E-state index contributed by atoms with van der Waals surface area (Å²) < 4.78 is 0.969. The van der Waals surface area contributed by atoms with Crippen molar-refractivity contribution in [2.75, 3.05) is 0 Å². The van der Waals surface area contributed by atoms with Crippen LogP contribution in [0.5, 0.6) is 0 Å². The number of benzene rings is 1. The number of hydrogen-bond acceptors (Lipinski definition) is 2. The van der Waals surface area contributed by atoms with Gasteiger partial charge in [-0.3, -0.25) is 9.78 Å². The second kappa shape index (κ2) is 6.66. The minimum Gasteiger partial charge on any atom is -0.481 e. The van der Waals surface area contributed by atoms with E-state index in [0.29, 0.717) is 12.8 Å². The number of aliphatic carboxylic acids is 1. The quantitative estimate of drug-likeness (QED) is 0.908. The molecule has 0 amide bonds. The number of carboxylic acid groups (broad SMARTS) is 1. The zero-order chi connectivity index (χ0) is 14.5. The molecule has 0 radical (unpaired) electrons. The van der Waals surface area contributed by atoms with Crippen molar-refractivity contribution < 1.29 is 9.90 Å². The van der Waals surface area contributed by atoms with Crippen molar-refractivity contribution >= 4 is 21.9 Å². The van der Waals surface area contributed by atoms with E-state index in [1.165, 1.54) is 0 Å². The molecule has 2 rings (SSSR count). The molecule has 0 spiro atoms. The van der Waals surface area contributed by atoms with Gasteiger partial charge in [-0.05, 0) is 48.6 Å². The lowest BCUT2D eigenvalue weighted by Gasteiger charge is -2.13. The Hall–Kier alpha value is -1.68. The molecule has 1 aromatic carbocycles. The second-order valence-corrected chi connectivity index (χ2v) is 5.86. The molecular weight excluding hydrogens is 318 g/mol. The van der Waals surface area contributed by atoms with Gasteiger partial charge in [0, 0.05) is 16.9 Å². The first-order chi connectivity index (χ1) is 9.54. The van der Waals surface area contributed by atoms with Gasteiger partial charge in [0.25, 0.3) is 0 Å². The van der Waals surface area contributed by atoms with Gasteiger partial charge in [-0.1, -0.05) is 34.1 Å². The predicted octanol–water partition coefficient (Wildman–Crippen LogP) is 3.64. The number of pyridine rings is 1. The van der Waals surface area contributed by atoms with Gasteiger partial charge in [-0.2, -0.15) is 0 Å². The number of carbonyl (C=O) groups is 1. The van der Waals surface area contributed by atoms with E-state index in [0.717, 1.165) is 21.2 Å². The van der Waals surface area contributed by atoms with Gasteiger partial charge in [-0.15, -0.1) is 0 Å². The lowest BCUT2D eigenvalue weighted by Crippen LogP contribution is -2.19. The van der Waals surface area contributed by atoms with E-state index in [2.05, 4.69) is 20.9 Å². The third-order valence-corrected chi connectivity index (χ3v) is 3.63. The first-order valence-corrected chi connectivity index (χ1v) is 7.21. The summed E-state index contributed by atoms with van der Waals surface area (Å²) in [6.07, 6.45) is 4.52. The summed E-state index contributed by atoms with van der Waals surface area (Å²) in [6.45, 7) is 1.96. The van der Waals surface area contributed by atoms with Crippen molar-refractivity contribution in [3.05, 3.63) is 63.9 Å². The van der Waals surface area contributed by atoms with Gasteiger partial charge in [0.15, 0.2) is 0 Å². The molecule has 2 aromatic rings. The lowest BCUT2D eigenvalue weighted by molar-refractivity contribution is -0.141. The Morgan fingerprint density at radius 2 is 2.00 bits per heavy atom. The van der Waals surface area contributed by atoms with Crippen LogP contribution in [-0.2, 0) is 17.6 Å². The summed E-state index contributed by atoms with van der Waals surface area (Å²) in [5.41, 5.74) is 3.04. The van der Waals surface area contributed by atoms with Gasteiger partial charge in [0.2, 0.25) is 0 Å². The van der Waals surface area contributed by atoms with Gasteiger partial charge in [0.1, 0.15) is 0 Å². The first kappa shape index (κ1) is 14.7. The van der Waals surface area contributed by atoms with Crippen LogP contribution in [0.3, 0.4) is 0 Å². The maximum atomic E-state index is 11.4. The molecule has 0 aliphatic rings. The van der Waals surface area contributed by atoms with Crippen LogP contribution in [0.4, 0.5) is 0 Å². The van der Waals surface area contributed by atoms with Gasteiger partial charge in [-0.25, -0.2) is 0 Å². The highest BCUT2D eigenvalue weighted by Gasteiger charge is 2.19. The normalized spacial score (nSPS) is 12.1. The highest BCUT2D eigenvalue weighted by Crippen LogP contribution is 2.18. The molecule has 3 nitrogen and oxygen atoms in total. The summed E-state index contributed by atoms with van der Waals surface area (Å²) in [5.74, 6) is -1.21. The lowest BCUT2D eigenvalue weighted by atomic mass is 9.93. The van der Waals surface area contributed by atoms with Crippen molar-refractivity contribution in [1.29, 1.82) is 0 Å². The summed E-state index contributed by atoms with van der Waals surface area (Å²) in [4.78, 5) is 15.6. The monoisotopic (exact) mass is 333 g/mol. The number of halogens is 1. The minimum absolute atomic E-state index is 0.437. The molecule has 20 heavy (non-hydrogen) atoms. The topological polar surface area (TPSA) is 50.2 Å². The van der Waals surface area contributed by atoms with Crippen LogP contribution in [0.25, 0.3) is 0 Å². The SMILES string of the molecule is Cc1cncc(CC(Cc2cccc(Br)c2)C(=O)O)c1. The van der Waals surface area contributed by atoms with Crippen LogP contribution >= 0.6 is 15.9 Å². The second-order valence-electron chi connectivity index (χ2n) is 4.94. The van der Waals surface area contributed by atoms with E-state index in [9.17, 15) is 9.90 Å². The smallest absolute Gasteiger partial charge is 0.307 e. The number of nitrogens with zero attached hydrogens (tertiary/aromatic N) is 1.